The fraction of sp³-hybridized carbons (Fsp3) is 0.556. The van der Waals surface area contributed by atoms with Crippen molar-refractivity contribution in [1.29, 1.82) is 0 Å². The van der Waals surface area contributed by atoms with Crippen LogP contribution in [-0.2, 0) is 12.0 Å². The first-order valence-electron chi connectivity index (χ1n) is 7.99. The molecule has 0 fully saturated rings. The van der Waals surface area contributed by atoms with E-state index in [0.717, 1.165) is 31.0 Å². The van der Waals surface area contributed by atoms with Crippen LogP contribution in [-0.4, -0.2) is 42.9 Å². The van der Waals surface area contributed by atoms with Crippen molar-refractivity contribution in [2.45, 2.75) is 43.9 Å². The highest BCUT2D eigenvalue weighted by Crippen LogP contribution is 2.56. The molecule has 0 bridgehead atoms. The minimum atomic E-state index is -0.415. The van der Waals surface area contributed by atoms with Crippen molar-refractivity contribution in [2.75, 3.05) is 20.7 Å². The molecule has 1 aliphatic carbocycles. The van der Waals surface area contributed by atoms with Crippen LogP contribution in [0.15, 0.2) is 18.2 Å². The Hall–Kier alpha value is -1.52. The van der Waals surface area contributed by atoms with E-state index in [1.807, 2.05) is 6.08 Å². The van der Waals surface area contributed by atoms with Crippen LogP contribution in [0.25, 0.3) is 0 Å². The number of hydrogen-bond donors (Lipinski definition) is 1. The molecule has 0 unspecified atom stereocenters. The van der Waals surface area contributed by atoms with Crippen molar-refractivity contribution in [1.82, 2.24) is 4.90 Å². The lowest BCUT2D eigenvalue weighted by atomic mass is 9.68. The molecule has 4 nitrogen and oxygen atoms in total. The first-order chi connectivity index (χ1) is 10.5. The maximum absolute atomic E-state index is 10.0. The third-order valence-electron chi connectivity index (χ3n) is 5.50. The molecule has 0 aromatic heterocycles. The summed E-state index contributed by atoms with van der Waals surface area (Å²) in [6.07, 6.45) is 5.39. The molecule has 118 valence electrons. The SMILES string of the molecule is COc1cc(C)c2c3c1O[C@H]1C[C@@H](O)C=C[C@]31CCN(C)C2. The van der Waals surface area contributed by atoms with E-state index < -0.39 is 6.10 Å². The Kier molecular flexibility index (Phi) is 3.03. The van der Waals surface area contributed by atoms with Gasteiger partial charge < -0.3 is 19.5 Å². The Morgan fingerprint density at radius 1 is 1.45 bits per heavy atom. The highest BCUT2D eigenvalue weighted by Gasteiger charge is 2.52. The molecule has 22 heavy (non-hydrogen) atoms. The van der Waals surface area contributed by atoms with Crippen LogP contribution in [0.2, 0.25) is 0 Å². The third-order valence-corrected chi connectivity index (χ3v) is 5.50. The molecule has 1 N–H and O–H groups in total. The molecule has 3 atom stereocenters. The highest BCUT2D eigenvalue weighted by molar-refractivity contribution is 5.63. The lowest BCUT2D eigenvalue weighted by Gasteiger charge is -2.35. The summed E-state index contributed by atoms with van der Waals surface area (Å²) in [7, 11) is 3.87. The Bertz CT molecular complexity index is 654. The van der Waals surface area contributed by atoms with Gasteiger partial charge in [0, 0.05) is 18.5 Å². The molecule has 1 aromatic rings. The topological polar surface area (TPSA) is 41.9 Å². The van der Waals surface area contributed by atoms with Gasteiger partial charge in [0.05, 0.1) is 18.6 Å². The summed E-state index contributed by atoms with van der Waals surface area (Å²) in [5.74, 6) is 1.71. The summed E-state index contributed by atoms with van der Waals surface area (Å²) in [5.41, 5.74) is 3.79. The van der Waals surface area contributed by atoms with Gasteiger partial charge in [-0.1, -0.05) is 12.2 Å². The number of ether oxygens (including phenoxy) is 2. The zero-order valence-electron chi connectivity index (χ0n) is 13.4. The van der Waals surface area contributed by atoms with Crippen LogP contribution >= 0.6 is 0 Å². The van der Waals surface area contributed by atoms with Crippen molar-refractivity contribution in [2.24, 2.45) is 0 Å². The number of hydrogen-bond acceptors (Lipinski definition) is 4. The lowest BCUT2D eigenvalue weighted by Crippen LogP contribution is -2.42. The molecule has 0 amide bonds. The average Bonchev–Trinajstić information content (AvgIpc) is 2.74. The molecule has 1 spiro atoms. The van der Waals surface area contributed by atoms with Crippen LogP contribution in [0.4, 0.5) is 0 Å². The number of aryl methyl sites for hydroxylation is 1. The summed E-state index contributed by atoms with van der Waals surface area (Å²) in [6.45, 7) is 4.11. The quantitative estimate of drug-likeness (QED) is 0.807. The van der Waals surface area contributed by atoms with Crippen molar-refractivity contribution >= 4 is 0 Å². The lowest BCUT2D eigenvalue weighted by molar-refractivity contribution is 0.0821. The van der Waals surface area contributed by atoms with E-state index >= 15 is 0 Å². The number of aliphatic hydroxyl groups excluding tert-OH is 1. The molecule has 0 radical (unpaired) electrons. The molecule has 2 aliphatic heterocycles. The minimum absolute atomic E-state index is 0.00319. The van der Waals surface area contributed by atoms with Gasteiger partial charge in [-0.05, 0) is 44.1 Å². The van der Waals surface area contributed by atoms with E-state index in [1.54, 1.807) is 7.11 Å². The second-order valence-corrected chi connectivity index (χ2v) is 6.88. The largest absolute Gasteiger partial charge is 0.493 e. The van der Waals surface area contributed by atoms with E-state index in [1.165, 1.54) is 16.7 Å². The van der Waals surface area contributed by atoms with Gasteiger partial charge in [-0.15, -0.1) is 0 Å². The summed E-state index contributed by atoms with van der Waals surface area (Å²) >= 11 is 0. The normalized spacial score (nSPS) is 32.9. The third kappa shape index (κ3) is 1.77. The number of aliphatic hydroxyl groups is 1. The van der Waals surface area contributed by atoms with Gasteiger partial charge in [0.25, 0.3) is 0 Å². The summed E-state index contributed by atoms with van der Waals surface area (Å²) in [4.78, 5) is 2.37. The van der Waals surface area contributed by atoms with Crippen molar-refractivity contribution in [3.8, 4) is 11.5 Å². The zero-order valence-corrected chi connectivity index (χ0v) is 13.4. The van der Waals surface area contributed by atoms with Crippen molar-refractivity contribution < 1.29 is 14.6 Å². The Balaban J connectivity index is 2.00. The Morgan fingerprint density at radius 2 is 2.27 bits per heavy atom. The maximum atomic E-state index is 10.0. The number of rotatable bonds is 1. The molecular formula is C18H23NO3. The van der Waals surface area contributed by atoms with Gasteiger partial charge in [-0.3, -0.25) is 0 Å². The average molecular weight is 301 g/mol. The number of nitrogens with zero attached hydrogens (tertiary/aromatic N) is 1. The van der Waals surface area contributed by atoms with Gasteiger partial charge >= 0.3 is 0 Å². The second kappa shape index (κ2) is 4.74. The Labute approximate surface area is 131 Å². The number of benzene rings is 1. The first-order valence-corrected chi connectivity index (χ1v) is 7.99. The molecule has 1 aromatic carbocycles. The fourth-order valence-electron chi connectivity index (χ4n) is 4.30. The molecule has 2 heterocycles. The predicted octanol–water partition coefficient (Wildman–Crippen LogP) is 2.16. The molecule has 4 heteroatoms. The standard InChI is InChI=1S/C18H23NO3/c1-11-8-14(21-3)17-16-13(11)10-19(2)7-6-18(16)5-4-12(20)9-15(18)22-17/h4-5,8,12,15,20H,6-7,9-10H2,1-3H3/t12-,15-,18+/m0/s1. The highest BCUT2D eigenvalue weighted by atomic mass is 16.5. The van der Waals surface area contributed by atoms with Crippen molar-refractivity contribution in [3.63, 3.8) is 0 Å². The summed E-state index contributed by atoms with van der Waals surface area (Å²) in [5, 5.41) is 10.0. The van der Waals surface area contributed by atoms with Gasteiger partial charge in [-0.25, -0.2) is 0 Å². The smallest absolute Gasteiger partial charge is 0.166 e. The first kappa shape index (κ1) is 14.1. The van der Waals surface area contributed by atoms with Gasteiger partial charge in [0.15, 0.2) is 11.5 Å². The van der Waals surface area contributed by atoms with E-state index in [0.29, 0.717) is 6.42 Å². The van der Waals surface area contributed by atoms with Gasteiger partial charge in [-0.2, -0.15) is 0 Å². The fourth-order valence-corrected chi connectivity index (χ4v) is 4.30. The van der Waals surface area contributed by atoms with Crippen LogP contribution in [0.3, 0.4) is 0 Å². The van der Waals surface area contributed by atoms with Gasteiger partial charge in [0.2, 0.25) is 0 Å². The second-order valence-electron chi connectivity index (χ2n) is 6.88. The van der Waals surface area contributed by atoms with E-state index in [9.17, 15) is 5.11 Å². The molecule has 0 saturated heterocycles. The zero-order chi connectivity index (χ0) is 15.5. The Morgan fingerprint density at radius 3 is 3.05 bits per heavy atom. The van der Waals surface area contributed by atoms with Crippen LogP contribution in [0.1, 0.15) is 29.5 Å². The van der Waals surface area contributed by atoms with E-state index in [4.69, 9.17) is 9.47 Å². The van der Waals surface area contributed by atoms with Crippen molar-refractivity contribution in [3.05, 3.63) is 34.9 Å². The monoisotopic (exact) mass is 301 g/mol. The van der Waals surface area contributed by atoms with Crippen LogP contribution in [0, 0.1) is 6.92 Å². The van der Waals surface area contributed by atoms with E-state index in [-0.39, 0.29) is 11.5 Å². The molecule has 0 saturated carbocycles. The number of methoxy groups -OCH3 is 1. The minimum Gasteiger partial charge on any atom is -0.493 e. The van der Waals surface area contributed by atoms with Crippen LogP contribution in [0.5, 0.6) is 11.5 Å². The summed E-state index contributed by atoms with van der Waals surface area (Å²) in [6, 6.07) is 2.08. The molecule has 4 rings (SSSR count). The molecule has 3 aliphatic rings. The molecular weight excluding hydrogens is 278 g/mol. The van der Waals surface area contributed by atoms with Gasteiger partial charge in [0.1, 0.15) is 6.10 Å². The predicted molar refractivity (Wildman–Crippen MR) is 84.5 cm³/mol. The van der Waals surface area contributed by atoms with E-state index in [2.05, 4.69) is 31.0 Å². The van der Waals surface area contributed by atoms with Crippen LogP contribution < -0.4 is 9.47 Å². The summed E-state index contributed by atoms with van der Waals surface area (Å²) < 4.78 is 11.9. The maximum Gasteiger partial charge on any atom is 0.166 e.